The van der Waals surface area contributed by atoms with Crippen molar-refractivity contribution in [2.75, 3.05) is 19.8 Å². The molecule has 1 amide bonds. The molecule has 0 atom stereocenters. The second-order valence-corrected chi connectivity index (χ2v) is 7.09. The van der Waals surface area contributed by atoms with Gasteiger partial charge >= 0.3 is 6.09 Å². The molecule has 4 heteroatoms. The SMILES string of the molecule is CCCCCCCCCCCCCCCCCCNC(=O)OCCO. The monoisotopic (exact) mass is 357 g/mol. The molecule has 0 saturated carbocycles. The van der Waals surface area contributed by atoms with Gasteiger partial charge in [-0.15, -0.1) is 0 Å². The minimum atomic E-state index is -0.421. The normalized spacial score (nSPS) is 10.8. The van der Waals surface area contributed by atoms with Crippen molar-refractivity contribution in [3.63, 3.8) is 0 Å². The fourth-order valence-electron chi connectivity index (χ4n) is 3.05. The van der Waals surface area contributed by atoms with Crippen molar-refractivity contribution >= 4 is 6.09 Å². The summed E-state index contributed by atoms with van der Waals surface area (Å²) >= 11 is 0. The van der Waals surface area contributed by atoms with Gasteiger partial charge in [0.2, 0.25) is 0 Å². The molecule has 0 saturated heterocycles. The highest BCUT2D eigenvalue weighted by atomic mass is 16.6. The van der Waals surface area contributed by atoms with Crippen molar-refractivity contribution in [2.24, 2.45) is 0 Å². The number of nitrogens with one attached hydrogen (secondary N) is 1. The van der Waals surface area contributed by atoms with Crippen LogP contribution < -0.4 is 5.32 Å². The Balaban J connectivity index is 3.04. The Kier molecular flexibility index (Phi) is 20.6. The molecule has 0 unspecified atom stereocenters. The quantitative estimate of drug-likeness (QED) is 0.280. The predicted molar refractivity (Wildman–Crippen MR) is 106 cm³/mol. The van der Waals surface area contributed by atoms with Gasteiger partial charge in [0.05, 0.1) is 6.61 Å². The number of amides is 1. The third-order valence-corrected chi connectivity index (χ3v) is 4.62. The Morgan fingerprint density at radius 1 is 0.720 bits per heavy atom. The van der Waals surface area contributed by atoms with E-state index < -0.39 is 6.09 Å². The third kappa shape index (κ3) is 21.2. The summed E-state index contributed by atoms with van der Waals surface area (Å²) in [6.07, 6.45) is 21.2. The van der Waals surface area contributed by atoms with E-state index in [0.29, 0.717) is 6.54 Å². The van der Waals surface area contributed by atoms with Gasteiger partial charge in [-0.3, -0.25) is 0 Å². The van der Waals surface area contributed by atoms with E-state index in [-0.39, 0.29) is 13.2 Å². The Labute approximate surface area is 156 Å². The van der Waals surface area contributed by atoms with E-state index in [2.05, 4.69) is 12.2 Å². The summed E-state index contributed by atoms with van der Waals surface area (Å²) < 4.78 is 4.72. The summed E-state index contributed by atoms with van der Waals surface area (Å²) in [6, 6.07) is 0. The molecule has 0 radical (unpaired) electrons. The highest BCUT2D eigenvalue weighted by Crippen LogP contribution is 2.13. The lowest BCUT2D eigenvalue weighted by Crippen LogP contribution is -2.26. The van der Waals surface area contributed by atoms with Crippen LogP contribution in [-0.4, -0.2) is 31.0 Å². The number of ether oxygens (including phenoxy) is 1. The van der Waals surface area contributed by atoms with Crippen LogP contribution in [0.3, 0.4) is 0 Å². The first-order valence-corrected chi connectivity index (χ1v) is 10.8. The van der Waals surface area contributed by atoms with Crippen molar-refractivity contribution in [2.45, 2.75) is 110 Å². The van der Waals surface area contributed by atoms with E-state index >= 15 is 0 Å². The van der Waals surface area contributed by atoms with E-state index in [0.717, 1.165) is 12.8 Å². The maximum Gasteiger partial charge on any atom is 0.407 e. The molecule has 25 heavy (non-hydrogen) atoms. The van der Waals surface area contributed by atoms with E-state index in [1.54, 1.807) is 0 Å². The van der Waals surface area contributed by atoms with Crippen LogP contribution in [-0.2, 0) is 4.74 Å². The molecule has 0 aromatic heterocycles. The van der Waals surface area contributed by atoms with Gasteiger partial charge in [0.1, 0.15) is 6.61 Å². The van der Waals surface area contributed by atoms with Crippen molar-refractivity contribution in [1.29, 1.82) is 0 Å². The fraction of sp³-hybridized carbons (Fsp3) is 0.952. The number of hydrogen-bond acceptors (Lipinski definition) is 3. The summed E-state index contributed by atoms with van der Waals surface area (Å²) in [4.78, 5) is 11.1. The lowest BCUT2D eigenvalue weighted by atomic mass is 10.0. The van der Waals surface area contributed by atoms with Crippen LogP contribution in [0, 0.1) is 0 Å². The van der Waals surface area contributed by atoms with E-state index in [4.69, 9.17) is 9.84 Å². The van der Waals surface area contributed by atoms with Crippen LogP contribution in [0.4, 0.5) is 4.79 Å². The number of carbonyl (C=O) groups is 1. The van der Waals surface area contributed by atoms with Crippen molar-refractivity contribution in [3.05, 3.63) is 0 Å². The highest BCUT2D eigenvalue weighted by molar-refractivity contribution is 5.66. The smallest absolute Gasteiger partial charge is 0.407 e. The molecule has 0 bridgehead atoms. The number of aliphatic hydroxyl groups excluding tert-OH is 1. The highest BCUT2D eigenvalue weighted by Gasteiger charge is 1.99. The van der Waals surface area contributed by atoms with Gasteiger partial charge < -0.3 is 15.2 Å². The standard InChI is InChI=1S/C21H43NO3/c1-2-3-4-5-6-7-8-9-10-11-12-13-14-15-16-17-18-22-21(24)25-20-19-23/h23H,2-20H2,1H3,(H,22,24). The maximum atomic E-state index is 11.1. The number of rotatable bonds is 19. The lowest BCUT2D eigenvalue weighted by molar-refractivity contribution is 0.119. The van der Waals surface area contributed by atoms with Gasteiger partial charge in [0.25, 0.3) is 0 Å². The van der Waals surface area contributed by atoms with Gasteiger partial charge in [-0.05, 0) is 6.42 Å². The van der Waals surface area contributed by atoms with Crippen LogP contribution in [0.2, 0.25) is 0 Å². The molecular formula is C21H43NO3. The molecule has 150 valence electrons. The summed E-state index contributed by atoms with van der Waals surface area (Å²) in [5.74, 6) is 0. The molecule has 0 aromatic rings. The average Bonchev–Trinajstić information content (AvgIpc) is 2.62. The first kappa shape index (κ1) is 24.2. The Hall–Kier alpha value is -0.770. The topological polar surface area (TPSA) is 58.6 Å². The summed E-state index contributed by atoms with van der Waals surface area (Å²) in [6.45, 7) is 2.90. The molecule has 0 heterocycles. The number of carbonyl (C=O) groups excluding carboxylic acids is 1. The molecule has 0 aliphatic carbocycles. The number of alkyl carbamates (subject to hydrolysis) is 1. The van der Waals surface area contributed by atoms with Crippen molar-refractivity contribution in [1.82, 2.24) is 5.32 Å². The second-order valence-electron chi connectivity index (χ2n) is 7.09. The fourth-order valence-corrected chi connectivity index (χ4v) is 3.05. The van der Waals surface area contributed by atoms with Gasteiger partial charge in [0, 0.05) is 6.54 Å². The molecule has 4 nitrogen and oxygen atoms in total. The Morgan fingerprint density at radius 2 is 1.12 bits per heavy atom. The first-order chi connectivity index (χ1) is 12.3. The van der Waals surface area contributed by atoms with Crippen LogP contribution in [0.15, 0.2) is 0 Å². The van der Waals surface area contributed by atoms with Crippen LogP contribution in [0.1, 0.15) is 110 Å². The summed E-state index contributed by atoms with van der Waals surface area (Å²) in [5, 5.41) is 11.2. The van der Waals surface area contributed by atoms with Crippen LogP contribution in [0.25, 0.3) is 0 Å². The van der Waals surface area contributed by atoms with Crippen LogP contribution in [0.5, 0.6) is 0 Å². The Bertz CT molecular complexity index is 272. The molecule has 0 aliphatic heterocycles. The zero-order valence-electron chi connectivity index (χ0n) is 16.7. The second kappa shape index (κ2) is 21.3. The van der Waals surface area contributed by atoms with Gasteiger partial charge in [-0.2, -0.15) is 0 Å². The van der Waals surface area contributed by atoms with Gasteiger partial charge in [-0.1, -0.05) is 103 Å². The summed E-state index contributed by atoms with van der Waals surface area (Å²) in [5.41, 5.74) is 0. The zero-order chi connectivity index (χ0) is 18.4. The molecule has 0 fully saturated rings. The van der Waals surface area contributed by atoms with E-state index in [9.17, 15) is 4.79 Å². The number of unbranched alkanes of at least 4 members (excludes halogenated alkanes) is 15. The third-order valence-electron chi connectivity index (χ3n) is 4.62. The van der Waals surface area contributed by atoms with Crippen molar-refractivity contribution in [3.8, 4) is 0 Å². The van der Waals surface area contributed by atoms with Gasteiger partial charge in [-0.25, -0.2) is 4.79 Å². The molecule has 0 aliphatic rings. The molecule has 0 rings (SSSR count). The number of aliphatic hydroxyl groups is 1. The molecule has 2 N–H and O–H groups in total. The Morgan fingerprint density at radius 3 is 1.52 bits per heavy atom. The van der Waals surface area contributed by atoms with Crippen LogP contribution >= 0.6 is 0 Å². The molecule has 0 spiro atoms. The van der Waals surface area contributed by atoms with Gasteiger partial charge in [0.15, 0.2) is 0 Å². The first-order valence-electron chi connectivity index (χ1n) is 10.8. The largest absolute Gasteiger partial charge is 0.447 e. The minimum absolute atomic E-state index is 0.0742. The predicted octanol–water partition coefficient (Wildman–Crippen LogP) is 5.97. The molecular weight excluding hydrogens is 314 g/mol. The zero-order valence-corrected chi connectivity index (χ0v) is 16.7. The number of hydrogen-bond donors (Lipinski definition) is 2. The summed E-state index contributed by atoms with van der Waals surface area (Å²) in [7, 11) is 0. The maximum absolute atomic E-state index is 11.1. The van der Waals surface area contributed by atoms with Crippen molar-refractivity contribution < 1.29 is 14.6 Å². The minimum Gasteiger partial charge on any atom is -0.447 e. The molecule has 0 aromatic carbocycles. The average molecular weight is 358 g/mol. The van der Waals surface area contributed by atoms with E-state index in [1.165, 1.54) is 89.9 Å². The van der Waals surface area contributed by atoms with E-state index in [1.807, 2.05) is 0 Å². The lowest BCUT2D eigenvalue weighted by Gasteiger charge is -2.06.